The molecule has 2 aromatic heterocycles. The van der Waals surface area contributed by atoms with Crippen LogP contribution in [-0.2, 0) is 0 Å². The van der Waals surface area contributed by atoms with E-state index in [4.69, 9.17) is 0 Å². The summed E-state index contributed by atoms with van der Waals surface area (Å²) in [6, 6.07) is 19.9. The molecule has 0 unspecified atom stereocenters. The van der Waals surface area contributed by atoms with Gasteiger partial charge in [0.15, 0.2) is 0 Å². The summed E-state index contributed by atoms with van der Waals surface area (Å²) in [6.07, 6.45) is 0. The Hall–Kier alpha value is -1.42. The molecule has 0 amide bonds. The number of rotatable bonds is 5. The third-order valence-electron chi connectivity index (χ3n) is 3.37. The maximum Gasteiger partial charge on any atom is 0.0769 e. The first-order valence-corrected chi connectivity index (χ1v) is 8.48. The van der Waals surface area contributed by atoms with Crippen LogP contribution in [0.2, 0.25) is 0 Å². The Bertz CT molecular complexity index is 580. The molecule has 0 saturated carbocycles. The molecule has 0 saturated heterocycles. The Balaban J connectivity index is 1.84. The minimum atomic E-state index is 0.283. The van der Waals surface area contributed by atoms with Crippen molar-refractivity contribution in [3.05, 3.63) is 80.7 Å². The lowest BCUT2D eigenvalue weighted by Gasteiger charge is -2.22. The molecule has 0 fully saturated rings. The summed E-state index contributed by atoms with van der Waals surface area (Å²) < 4.78 is 0. The maximum absolute atomic E-state index is 3.76. The average molecular weight is 299 g/mol. The lowest BCUT2D eigenvalue weighted by molar-refractivity contribution is 0.526. The van der Waals surface area contributed by atoms with Crippen LogP contribution < -0.4 is 5.32 Å². The Kier molecular flexibility index (Phi) is 4.31. The first-order valence-electron chi connectivity index (χ1n) is 6.72. The molecule has 3 rings (SSSR count). The molecule has 0 aliphatic carbocycles. The van der Waals surface area contributed by atoms with Crippen molar-refractivity contribution in [2.75, 3.05) is 0 Å². The Morgan fingerprint density at radius 1 is 0.800 bits per heavy atom. The zero-order chi connectivity index (χ0) is 13.8. The number of benzene rings is 1. The lowest BCUT2D eigenvalue weighted by Crippen LogP contribution is -2.24. The SMILES string of the molecule is C[C@@H](NC(c1cccs1)c1cccs1)c1ccccc1. The molecule has 0 radical (unpaired) electrons. The fourth-order valence-electron chi connectivity index (χ4n) is 2.30. The molecule has 2 heterocycles. The maximum atomic E-state index is 3.76. The summed E-state index contributed by atoms with van der Waals surface area (Å²) in [7, 11) is 0. The second-order valence-electron chi connectivity index (χ2n) is 4.76. The zero-order valence-corrected chi connectivity index (χ0v) is 13.0. The van der Waals surface area contributed by atoms with Crippen molar-refractivity contribution >= 4 is 22.7 Å². The Morgan fingerprint density at radius 3 is 1.90 bits per heavy atom. The molecular weight excluding hydrogens is 282 g/mol. The monoisotopic (exact) mass is 299 g/mol. The van der Waals surface area contributed by atoms with Crippen molar-refractivity contribution in [3.8, 4) is 0 Å². The van der Waals surface area contributed by atoms with Crippen LogP contribution in [0.5, 0.6) is 0 Å². The third-order valence-corrected chi connectivity index (χ3v) is 5.25. The van der Waals surface area contributed by atoms with Crippen molar-refractivity contribution < 1.29 is 0 Å². The third kappa shape index (κ3) is 3.01. The van der Waals surface area contributed by atoms with Gasteiger partial charge in [0.2, 0.25) is 0 Å². The van der Waals surface area contributed by atoms with E-state index in [1.807, 2.05) is 22.7 Å². The first kappa shape index (κ1) is 13.6. The standard InChI is InChI=1S/C17H17NS2/c1-13(14-7-3-2-4-8-14)18-17(15-9-5-11-19-15)16-10-6-12-20-16/h2-13,17-18H,1H3/t13-/m1/s1. The quantitative estimate of drug-likeness (QED) is 0.678. The average Bonchev–Trinajstić information content (AvgIpc) is 3.19. The van der Waals surface area contributed by atoms with E-state index in [2.05, 4.69) is 77.6 Å². The first-order chi connectivity index (χ1) is 9.84. The van der Waals surface area contributed by atoms with Gasteiger partial charge in [-0.2, -0.15) is 0 Å². The number of nitrogens with one attached hydrogen (secondary N) is 1. The highest BCUT2D eigenvalue weighted by Crippen LogP contribution is 2.31. The van der Waals surface area contributed by atoms with Gasteiger partial charge < -0.3 is 0 Å². The number of hydrogen-bond donors (Lipinski definition) is 1. The van der Waals surface area contributed by atoms with Crippen LogP contribution in [0.15, 0.2) is 65.4 Å². The highest BCUT2D eigenvalue weighted by molar-refractivity contribution is 7.11. The molecular formula is C17H17NS2. The van der Waals surface area contributed by atoms with Crippen molar-refractivity contribution in [1.29, 1.82) is 0 Å². The fourth-order valence-corrected chi connectivity index (χ4v) is 3.98. The predicted molar refractivity (Wildman–Crippen MR) is 88.5 cm³/mol. The molecule has 0 spiro atoms. The van der Waals surface area contributed by atoms with Crippen molar-refractivity contribution in [1.82, 2.24) is 5.32 Å². The highest BCUT2D eigenvalue weighted by atomic mass is 32.1. The summed E-state index contributed by atoms with van der Waals surface area (Å²) in [5, 5.41) is 8.05. The molecule has 3 heteroatoms. The molecule has 1 aromatic carbocycles. The van der Waals surface area contributed by atoms with Gasteiger partial charge in [-0.3, -0.25) is 5.32 Å². The van der Waals surface area contributed by atoms with E-state index in [0.717, 1.165) is 0 Å². The Labute approximate surface area is 127 Å². The second-order valence-corrected chi connectivity index (χ2v) is 6.72. The van der Waals surface area contributed by atoms with Crippen LogP contribution in [0.25, 0.3) is 0 Å². The fraction of sp³-hybridized carbons (Fsp3) is 0.176. The van der Waals surface area contributed by atoms with Crippen LogP contribution in [-0.4, -0.2) is 0 Å². The minimum absolute atomic E-state index is 0.283. The summed E-state index contributed by atoms with van der Waals surface area (Å²) in [5.74, 6) is 0. The van der Waals surface area contributed by atoms with E-state index in [1.54, 1.807) is 0 Å². The minimum Gasteiger partial charge on any atom is -0.298 e. The van der Waals surface area contributed by atoms with Gasteiger partial charge in [-0.1, -0.05) is 42.5 Å². The summed E-state index contributed by atoms with van der Waals surface area (Å²) >= 11 is 3.62. The topological polar surface area (TPSA) is 12.0 Å². The molecule has 0 bridgehead atoms. The molecule has 1 N–H and O–H groups in total. The van der Waals surface area contributed by atoms with E-state index in [9.17, 15) is 0 Å². The molecule has 3 aromatic rings. The molecule has 1 nitrogen and oxygen atoms in total. The van der Waals surface area contributed by atoms with E-state index in [-0.39, 0.29) is 6.04 Å². The number of thiophene rings is 2. The van der Waals surface area contributed by atoms with E-state index >= 15 is 0 Å². The van der Waals surface area contributed by atoms with Gasteiger partial charge in [-0.05, 0) is 35.4 Å². The van der Waals surface area contributed by atoms with Gasteiger partial charge in [0.25, 0.3) is 0 Å². The normalized spacial score (nSPS) is 12.7. The van der Waals surface area contributed by atoms with Crippen molar-refractivity contribution in [3.63, 3.8) is 0 Å². The number of hydrogen-bond acceptors (Lipinski definition) is 3. The van der Waals surface area contributed by atoms with Gasteiger partial charge in [-0.15, -0.1) is 22.7 Å². The van der Waals surface area contributed by atoms with Gasteiger partial charge >= 0.3 is 0 Å². The van der Waals surface area contributed by atoms with Crippen LogP contribution in [0.3, 0.4) is 0 Å². The largest absolute Gasteiger partial charge is 0.298 e. The van der Waals surface area contributed by atoms with Crippen LogP contribution >= 0.6 is 22.7 Å². The van der Waals surface area contributed by atoms with Crippen LogP contribution in [0.4, 0.5) is 0 Å². The van der Waals surface area contributed by atoms with Gasteiger partial charge in [0, 0.05) is 15.8 Å². The summed E-state index contributed by atoms with van der Waals surface area (Å²) in [4.78, 5) is 2.74. The molecule has 102 valence electrons. The van der Waals surface area contributed by atoms with Crippen LogP contribution in [0, 0.1) is 0 Å². The van der Waals surface area contributed by atoms with Gasteiger partial charge in [0.05, 0.1) is 6.04 Å². The lowest BCUT2D eigenvalue weighted by atomic mass is 10.1. The summed E-state index contributed by atoms with van der Waals surface area (Å²) in [5.41, 5.74) is 1.32. The van der Waals surface area contributed by atoms with E-state index < -0.39 is 0 Å². The molecule has 1 atom stereocenters. The smallest absolute Gasteiger partial charge is 0.0769 e. The predicted octanol–water partition coefficient (Wildman–Crippen LogP) is 5.25. The van der Waals surface area contributed by atoms with Crippen LogP contribution in [0.1, 0.15) is 34.3 Å². The van der Waals surface area contributed by atoms with Gasteiger partial charge in [-0.25, -0.2) is 0 Å². The molecule has 20 heavy (non-hydrogen) atoms. The van der Waals surface area contributed by atoms with E-state index in [1.165, 1.54) is 15.3 Å². The van der Waals surface area contributed by atoms with Crippen molar-refractivity contribution in [2.24, 2.45) is 0 Å². The molecule has 0 aliphatic rings. The van der Waals surface area contributed by atoms with Gasteiger partial charge in [0.1, 0.15) is 0 Å². The Morgan fingerprint density at radius 2 is 1.40 bits per heavy atom. The zero-order valence-electron chi connectivity index (χ0n) is 11.3. The van der Waals surface area contributed by atoms with E-state index in [0.29, 0.717) is 6.04 Å². The van der Waals surface area contributed by atoms with Crippen molar-refractivity contribution in [2.45, 2.75) is 19.0 Å². The summed E-state index contributed by atoms with van der Waals surface area (Å²) in [6.45, 7) is 2.23. The molecule has 0 aliphatic heterocycles. The second kappa shape index (κ2) is 6.35. The highest BCUT2D eigenvalue weighted by Gasteiger charge is 2.18.